The normalized spacial score (nSPS) is 12.2. The third-order valence-corrected chi connectivity index (χ3v) is 3.11. The maximum absolute atomic E-state index is 5.63. The molecule has 1 aromatic heterocycles. The molecule has 0 aliphatic rings. The summed E-state index contributed by atoms with van der Waals surface area (Å²) in [5.41, 5.74) is 4.85. The minimum absolute atomic E-state index is 0.0964. The third-order valence-electron chi connectivity index (χ3n) is 2.68. The summed E-state index contributed by atoms with van der Waals surface area (Å²) in [6, 6.07) is 9.66. The Hall–Kier alpha value is -1.43. The van der Waals surface area contributed by atoms with Gasteiger partial charge in [0.25, 0.3) is 0 Å². The molecule has 18 heavy (non-hydrogen) atoms. The van der Waals surface area contributed by atoms with Crippen LogP contribution in [0.2, 0.25) is 0 Å². The van der Waals surface area contributed by atoms with Crippen LogP contribution in [0.15, 0.2) is 47.2 Å². The topological polar surface area (TPSA) is 60.2 Å². The average Bonchev–Trinajstić information content (AvgIpc) is 2.40. The zero-order chi connectivity index (χ0) is 13.0. The molecule has 0 saturated heterocycles. The van der Waals surface area contributed by atoms with Crippen LogP contribution in [-0.2, 0) is 0 Å². The number of hydrogen-bond donors (Lipinski definition) is 2. The van der Waals surface area contributed by atoms with Crippen LogP contribution < -0.4 is 16.0 Å². The fourth-order valence-corrected chi connectivity index (χ4v) is 2.15. The standard InChI is InChI=1S/C13H14BrN3O/c1-18-12-4-2-9(3-5-12)13(17-15)10-6-11(14)8-16-7-10/h2-8,13,17H,15H2,1H3. The van der Waals surface area contributed by atoms with Crippen molar-refractivity contribution in [3.8, 4) is 5.75 Å². The summed E-state index contributed by atoms with van der Waals surface area (Å²) < 4.78 is 6.06. The first-order valence-corrected chi connectivity index (χ1v) is 6.24. The SMILES string of the molecule is COc1ccc(C(NN)c2cncc(Br)c2)cc1. The van der Waals surface area contributed by atoms with Crippen LogP contribution in [0.3, 0.4) is 0 Å². The van der Waals surface area contributed by atoms with Crippen molar-refractivity contribution < 1.29 is 4.74 Å². The molecule has 1 atom stereocenters. The number of ether oxygens (including phenoxy) is 1. The molecule has 0 aliphatic carbocycles. The highest BCUT2D eigenvalue weighted by Crippen LogP contribution is 2.24. The number of pyridine rings is 1. The number of halogens is 1. The number of hydrogen-bond acceptors (Lipinski definition) is 4. The Kier molecular flexibility index (Phi) is 4.30. The second kappa shape index (κ2) is 5.95. The van der Waals surface area contributed by atoms with Crippen molar-refractivity contribution in [2.45, 2.75) is 6.04 Å². The van der Waals surface area contributed by atoms with E-state index in [1.165, 1.54) is 0 Å². The highest BCUT2D eigenvalue weighted by molar-refractivity contribution is 9.10. The number of methoxy groups -OCH3 is 1. The Bertz CT molecular complexity index is 516. The van der Waals surface area contributed by atoms with Crippen LogP contribution >= 0.6 is 15.9 Å². The van der Waals surface area contributed by atoms with Crippen molar-refractivity contribution in [2.75, 3.05) is 7.11 Å². The molecule has 94 valence electrons. The molecule has 5 heteroatoms. The molecule has 2 aromatic rings. The minimum Gasteiger partial charge on any atom is -0.497 e. The van der Waals surface area contributed by atoms with Crippen molar-refractivity contribution >= 4 is 15.9 Å². The second-order valence-corrected chi connectivity index (χ2v) is 4.73. The summed E-state index contributed by atoms with van der Waals surface area (Å²) in [7, 11) is 1.64. The lowest BCUT2D eigenvalue weighted by Crippen LogP contribution is -2.28. The van der Waals surface area contributed by atoms with Gasteiger partial charge in [0.1, 0.15) is 5.75 Å². The van der Waals surface area contributed by atoms with Crippen molar-refractivity contribution in [3.05, 3.63) is 58.3 Å². The largest absolute Gasteiger partial charge is 0.497 e. The van der Waals surface area contributed by atoms with Crippen LogP contribution in [0.5, 0.6) is 5.75 Å². The minimum atomic E-state index is -0.0964. The molecule has 1 heterocycles. The van der Waals surface area contributed by atoms with Crippen LogP contribution in [-0.4, -0.2) is 12.1 Å². The number of nitrogens with two attached hydrogens (primary N) is 1. The van der Waals surface area contributed by atoms with Crippen molar-refractivity contribution in [1.82, 2.24) is 10.4 Å². The molecule has 2 rings (SSSR count). The first-order valence-electron chi connectivity index (χ1n) is 5.45. The molecular weight excluding hydrogens is 294 g/mol. The fraction of sp³-hybridized carbons (Fsp3) is 0.154. The van der Waals surface area contributed by atoms with E-state index in [1.54, 1.807) is 19.5 Å². The van der Waals surface area contributed by atoms with Gasteiger partial charge in [-0.3, -0.25) is 10.8 Å². The second-order valence-electron chi connectivity index (χ2n) is 3.81. The van der Waals surface area contributed by atoms with Gasteiger partial charge in [0.15, 0.2) is 0 Å². The number of nitrogens with one attached hydrogen (secondary N) is 1. The smallest absolute Gasteiger partial charge is 0.118 e. The van der Waals surface area contributed by atoms with Gasteiger partial charge in [-0.15, -0.1) is 0 Å². The van der Waals surface area contributed by atoms with Gasteiger partial charge >= 0.3 is 0 Å². The quantitative estimate of drug-likeness (QED) is 0.672. The molecule has 3 N–H and O–H groups in total. The Morgan fingerprint density at radius 1 is 1.22 bits per heavy atom. The van der Waals surface area contributed by atoms with Gasteiger partial charge in [-0.05, 0) is 45.3 Å². The van der Waals surface area contributed by atoms with Gasteiger partial charge in [0.05, 0.1) is 13.2 Å². The molecular formula is C13H14BrN3O. The maximum atomic E-state index is 5.63. The van der Waals surface area contributed by atoms with E-state index in [1.807, 2.05) is 30.3 Å². The van der Waals surface area contributed by atoms with E-state index in [0.717, 1.165) is 21.3 Å². The Balaban J connectivity index is 2.32. The Morgan fingerprint density at radius 2 is 1.94 bits per heavy atom. The van der Waals surface area contributed by atoms with Crippen molar-refractivity contribution in [3.63, 3.8) is 0 Å². The molecule has 0 aliphatic heterocycles. The van der Waals surface area contributed by atoms with Crippen molar-refractivity contribution in [2.24, 2.45) is 5.84 Å². The van der Waals surface area contributed by atoms with Crippen LogP contribution in [0.1, 0.15) is 17.2 Å². The summed E-state index contributed by atoms with van der Waals surface area (Å²) in [6.07, 6.45) is 3.53. The average molecular weight is 308 g/mol. The summed E-state index contributed by atoms with van der Waals surface area (Å²) in [6.45, 7) is 0. The highest BCUT2D eigenvalue weighted by atomic mass is 79.9. The van der Waals surface area contributed by atoms with E-state index in [-0.39, 0.29) is 6.04 Å². The van der Waals surface area contributed by atoms with Crippen molar-refractivity contribution in [1.29, 1.82) is 0 Å². The Morgan fingerprint density at radius 3 is 2.50 bits per heavy atom. The fourth-order valence-electron chi connectivity index (χ4n) is 1.77. The van der Waals surface area contributed by atoms with Crippen LogP contribution in [0.25, 0.3) is 0 Å². The molecule has 1 unspecified atom stereocenters. The van der Waals surface area contributed by atoms with E-state index < -0.39 is 0 Å². The van der Waals surface area contributed by atoms with Gasteiger partial charge in [0, 0.05) is 16.9 Å². The summed E-state index contributed by atoms with van der Waals surface area (Å²) in [5.74, 6) is 6.45. The molecule has 0 bridgehead atoms. The zero-order valence-electron chi connectivity index (χ0n) is 9.93. The molecule has 0 amide bonds. The van der Waals surface area contributed by atoms with Gasteiger partial charge in [-0.2, -0.15) is 0 Å². The lowest BCUT2D eigenvalue weighted by Gasteiger charge is -2.17. The number of hydrazine groups is 1. The maximum Gasteiger partial charge on any atom is 0.118 e. The summed E-state index contributed by atoms with van der Waals surface area (Å²) in [4.78, 5) is 4.15. The molecule has 1 aromatic carbocycles. The lowest BCUT2D eigenvalue weighted by atomic mass is 10.0. The van der Waals surface area contributed by atoms with Gasteiger partial charge in [-0.1, -0.05) is 12.1 Å². The van der Waals surface area contributed by atoms with E-state index in [4.69, 9.17) is 10.6 Å². The van der Waals surface area contributed by atoms with E-state index in [0.29, 0.717) is 0 Å². The lowest BCUT2D eigenvalue weighted by molar-refractivity contribution is 0.414. The van der Waals surface area contributed by atoms with Gasteiger partial charge < -0.3 is 4.74 Å². The Labute approximate surface area is 114 Å². The summed E-state index contributed by atoms with van der Waals surface area (Å²) >= 11 is 3.40. The number of rotatable bonds is 4. The molecule has 0 fully saturated rings. The van der Waals surface area contributed by atoms with Gasteiger partial charge in [-0.25, -0.2) is 5.43 Å². The predicted molar refractivity (Wildman–Crippen MR) is 74.1 cm³/mol. The van der Waals surface area contributed by atoms with E-state index in [9.17, 15) is 0 Å². The first-order chi connectivity index (χ1) is 8.74. The van der Waals surface area contributed by atoms with Gasteiger partial charge in [0.2, 0.25) is 0 Å². The monoisotopic (exact) mass is 307 g/mol. The number of nitrogens with zero attached hydrogens (tertiary/aromatic N) is 1. The van der Waals surface area contributed by atoms with E-state index in [2.05, 4.69) is 26.3 Å². The van der Waals surface area contributed by atoms with Crippen LogP contribution in [0.4, 0.5) is 0 Å². The summed E-state index contributed by atoms with van der Waals surface area (Å²) in [5, 5.41) is 0. The highest BCUT2D eigenvalue weighted by Gasteiger charge is 2.13. The molecule has 0 saturated carbocycles. The molecule has 0 radical (unpaired) electrons. The number of aromatic nitrogens is 1. The van der Waals surface area contributed by atoms with E-state index >= 15 is 0 Å². The van der Waals surface area contributed by atoms with Crippen LogP contribution in [0, 0.1) is 0 Å². The predicted octanol–water partition coefficient (Wildman–Crippen LogP) is 2.41. The third kappa shape index (κ3) is 2.87. The zero-order valence-corrected chi connectivity index (χ0v) is 11.5. The molecule has 4 nitrogen and oxygen atoms in total. The first kappa shape index (κ1) is 13.0. The molecule has 0 spiro atoms. The number of benzene rings is 1.